The molecule has 0 radical (unpaired) electrons. The summed E-state index contributed by atoms with van der Waals surface area (Å²) in [5.74, 6) is -0.627. The molecular formula is C21H19ClN2O4. The van der Waals surface area contributed by atoms with E-state index in [1.54, 1.807) is 50.2 Å². The summed E-state index contributed by atoms with van der Waals surface area (Å²) in [5.41, 5.74) is 0.730. The molecule has 0 aliphatic carbocycles. The summed E-state index contributed by atoms with van der Waals surface area (Å²) in [5, 5.41) is 12.2. The molecule has 0 unspecified atom stereocenters. The van der Waals surface area contributed by atoms with Crippen molar-refractivity contribution in [3.8, 4) is 17.6 Å². The molecule has 2 rings (SSSR count). The number of hydrogen-bond acceptors (Lipinski definition) is 5. The molecule has 0 heterocycles. The lowest BCUT2D eigenvalue weighted by atomic mass is 10.1. The zero-order valence-corrected chi connectivity index (χ0v) is 16.4. The molecule has 0 atom stereocenters. The number of esters is 1. The van der Waals surface area contributed by atoms with E-state index in [1.807, 2.05) is 6.07 Å². The second-order valence-electron chi connectivity index (χ2n) is 6.08. The van der Waals surface area contributed by atoms with Crippen LogP contribution in [0.2, 0.25) is 5.02 Å². The first-order valence-corrected chi connectivity index (χ1v) is 8.81. The van der Waals surface area contributed by atoms with Crippen molar-refractivity contribution in [1.29, 1.82) is 5.26 Å². The number of carbonyl (C=O) groups is 2. The van der Waals surface area contributed by atoms with Crippen LogP contribution in [-0.2, 0) is 4.79 Å². The Labute approximate surface area is 168 Å². The fourth-order valence-electron chi connectivity index (χ4n) is 2.30. The molecular weight excluding hydrogens is 380 g/mol. The highest BCUT2D eigenvalue weighted by Crippen LogP contribution is 2.30. The van der Waals surface area contributed by atoms with Crippen LogP contribution in [0.3, 0.4) is 0 Å². The van der Waals surface area contributed by atoms with Crippen LogP contribution >= 0.6 is 11.6 Å². The topological polar surface area (TPSA) is 88.4 Å². The highest BCUT2D eigenvalue weighted by molar-refractivity contribution is 6.33. The van der Waals surface area contributed by atoms with E-state index in [4.69, 9.17) is 21.1 Å². The summed E-state index contributed by atoms with van der Waals surface area (Å²) >= 11 is 6.01. The maximum atomic E-state index is 12.3. The molecule has 1 N–H and O–H groups in total. The van der Waals surface area contributed by atoms with Gasteiger partial charge in [-0.2, -0.15) is 5.26 Å². The first-order chi connectivity index (χ1) is 13.3. The van der Waals surface area contributed by atoms with Crippen LogP contribution in [0.1, 0.15) is 29.8 Å². The van der Waals surface area contributed by atoms with Crippen LogP contribution in [0.15, 0.2) is 48.0 Å². The first kappa shape index (κ1) is 21.0. The van der Waals surface area contributed by atoms with Crippen LogP contribution < -0.4 is 14.8 Å². The summed E-state index contributed by atoms with van der Waals surface area (Å²) in [6, 6.07) is 13.0. The number of rotatable bonds is 6. The zero-order chi connectivity index (χ0) is 20.7. The fraction of sp³-hybridized carbons (Fsp3) is 0.190. The van der Waals surface area contributed by atoms with Crippen LogP contribution in [0, 0.1) is 11.3 Å². The molecule has 2 aromatic carbocycles. The second-order valence-corrected chi connectivity index (χ2v) is 6.48. The SMILES string of the molecule is COc1cc(/C=C(\C#N)C(=O)NC(C)C)ccc1OC(=O)c1ccccc1Cl. The minimum Gasteiger partial charge on any atom is -0.493 e. The van der Waals surface area contributed by atoms with E-state index in [9.17, 15) is 14.9 Å². The fourth-order valence-corrected chi connectivity index (χ4v) is 2.51. The van der Waals surface area contributed by atoms with E-state index in [1.165, 1.54) is 19.3 Å². The van der Waals surface area contributed by atoms with E-state index in [2.05, 4.69) is 5.32 Å². The summed E-state index contributed by atoms with van der Waals surface area (Å²) in [6.07, 6.45) is 1.43. The highest BCUT2D eigenvalue weighted by atomic mass is 35.5. The summed E-state index contributed by atoms with van der Waals surface area (Å²) in [6.45, 7) is 3.61. The molecule has 7 heteroatoms. The molecule has 0 saturated heterocycles. The molecule has 0 aliphatic rings. The number of methoxy groups -OCH3 is 1. The van der Waals surface area contributed by atoms with Gasteiger partial charge in [0.15, 0.2) is 11.5 Å². The van der Waals surface area contributed by atoms with Crippen LogP contribution in [0.4, 0.5) is 0 Å². The number of benzene rings is 2. The predicted octanol–water partition coefficient (Wildman–Crippen LogP) is 4.00. The standard InChI is InChI=1S/C21H19ClN2O4/c1-13(2)24-20(25)15(12-23)10-14-8-9-18(19(11-14)27-3)28-21(26)16-6-4-5-7-17(16)22/h4-11,13H,1-3H3,(H,24,25)/b15-10+. The van der Waals surface area contributed by atoms with Crippen molar-refractivity contribution in [3.63, 3.8) is 0 Å². The maximum absolute atomic E-state index is 12.3. The summed E-state index contributed by atoms with van der Waals surface area (Å²) in [7, 11) is 1.42. The van der Waals surface area contributed by atoms with Crippen molar-refractivity contribution in [2.45, 2.75) is 19.9 Å². The zero-order valence-electron chi connectivity index (χ0n) is 15.7. The third-order valence-electron chi connectivity index (χ3n) is 3.58. The third-order valence-corrected chi connectivity index (χ3v) is 3.91. The van der Waals surface area contributed by atoms with E-state index >= 15 is 0 Å². The van der Waals surface area contributed by atoms with Gasteiger partial charge in [-0.15, -0.1) is 0 Å². The summed E-state index contributed by atoms with van der Waals surface area (Å²) in [4.78, 5) is 24.4. The van der Waals surface area contributed by atoms with Crippen LogP contribution in [0.5, 0.6) is 11.5 Å². The molecule has 28 heavy (non-hydrogen) atoms. The third kappa shape index (κ3) is 5.35. The number of ether oxygens (including phenoxy) is 2. The molecule has 0 spiro atoms. The van der Waals surface area contributed by atoms with Crippen LogP contribution in [-0.4, -0.2) is 25.0 Å². The molecule has 0 saturated carbocycles. The second kappa shape index (κ2) is 9.58. The van der Waals surface area contributed by atoms with Gasteiger partial charge in [0.05, 0.1) is 17.7 Å². The Balaban J connectivity index is 2.28. The highest BCUT2D eigenvalue weighted by Gasteiger charge is 2.16. The van der Waals surface area contributed by atoms with Gasteiger partial charge in [0, 0.05) is 6.04 Å². The van der Waals surface area contributed by atoms with E-state index in [0.717, 1.165) is 0 Å². The van der Waals surface area contributed by atoms with Crippen molar-refractivity contribution in [2.24, 2.45) is 0 Å². The minimum absolute atomic E-state index is 0.0448. The number of nitriles is 1. The normalized spacial score (nSPS) is 10.9. The predicted molar refractivity (Wildman–Crippen MR) is 106 cm³/mol. The molecule has 6 nitrogen and oxygen atoms in total. The largest absolute Gasteiger partial charge is 0.493 e. The number of halogens is 1. The molecule has 1 amide bonds. The average molecular weight is 399 g/mol. The van der Waals surface area contributed by atoms with Crippen molar-refractivity contribution >= 4 is 29.6 Å². The lowest BCUT2D eigenvalue weighted by Crippen LogP contribution is -2.30. The van der Waals surface area contributed by atoms with Gasteiger partial charge < -0.3 is 14.8 Å². The van der Waals surface area contributed by atoms with Gasteiger partial charge >= 0.3 is 5.97 Å². The summed E-state index contributed by atoms with van der Waals surface area (Å²) < 4.78 is 10.6. The van der Waals surface area contributed by atoms with Crippen LogP contribution in [0.25, 0.3) is 6.08 Å². The first-order valence-electron chi connectivity index (χ1n) is 8.43. The Kier molecular flexibility index (Phi) is 7.19. The number of hydrogen-bond donors (Lipinski definition) is 1. The van der Waals surface area contributed by atoms with Gasteiger partial charge in [0.1, 0.15) is 11.6 Å². The van der Waals surface area contributed by atoms with Gasteiger partial charge in [-0.05, 0) is 49.8 Å². The Bertz CT molecular complexity index is 961. The van der Waals surface area contributed by atoms with Gasteiger partial charge in [0.2, 0.25) is 0 Å². The Hall–Kier alpha value is -3.30. The quantitative estimate of drug-likeness (QED) is 0.344. The number of nitrogens with one attached hydrogen (secondary N) is 1. The monoisotopic (exact) mass is 398 g/mol. The average Bonchev–Trinajstić information content (AvgIpc) is 2.66. The maximum Gasteiger partial charge on any atom is 0.345 e. The van der Waals surface area contributed by atoms with Crippen molar-refractivity contribution in [3.05, 3.63) is 64.2 Å². The van der Waals surface area contributed by atoms with Gasteiger partial charge in [-0.25, -0.2) is 4.79 Å². The smallest absolute Gasteiger partial charge is 0.345 e. The van der Waals surface area contributed by atoms with Crippen molar-refractivity contribution in [2.75, 3.05) is 7.11 Å². The Morgan fingerprint density at radius 3 is 2.50 bits per heavy atom. The number of nitrogens with zero attached hydrogens (tertiary/aromatic N) is 1. The number of amides is 1. The molecule has 0 bridgehead atoms. The molecule has 0 aromatic heterocycles. The molecule has 0 aliphatic heterocycles. The van der Waals surface area contributed by atoms with E-state index < -0.39 is 11.9 Å². The van der Waals surface area contributed by atoms with Crippen molar-refractivity contribution < 1.29 is 19.1 Å². The Morgan fingerprint density at radius 1 is 1.18 bits per heavy atom. The van der Waals surface area contributed by atoms with Crippen molar-refractivity contribution in [1.82, 2.24) is 5.32 Å². The van der Waals surface area contributed by atoms with Gasteiger partial charge in [-0.1, -0.05) is 29.8 Å². The lowest BCUT2D eigenvalue weighted by molar-refractivity contribution is -0.117. The van der Waals surface area contributed by atoms with E-state index in [0.29, 0.717) is 5.56 Å². The van der Waals surface area contributed by atoms with Gasteiger partial charge in [-0.3, -0.25) is 4.79 Å². The number of carbonyl (C=O) groups excluding carboxylic acids is 2. The minimum atomic E-state index is -0.624. The Morgan fingerprint density at radius 2 is 1.89 bits per heavy atom. The molecule has 2 aromatic rings. The lowest BCUT2D eigenvalue weighted by Gasteiger charge is -2.11. The molecule has 144 valence electrons. The van der Waals surface area contributed by atoms with E-state index in [-0.39, 0.29) is 33.7 Å². The molecule has 0 fully saturated rings. The van der Waals surface area contributed by atoms with Gasteiger partial charge in [0.25, 0.3) is 5.91 Å².